The molecule has 0 saturated heterocycles. The Labute approximate surface area is 187 Å². The van der Waals surface area contributed by atoms with Crippen LogP contribution < -0.4 is 9.29 Å². The number of anilines is 1. The van der Waals surface area contributed by atoms with E-state index in [0.29, 0.717) is 16.7 Å². The number of amides is 1. The quantitative estimate of drug-likeness (QED) is 0.322. The molecule has 0 atom stereocenters. The summed E-state index contributed by atoms with van der Waals surface area (Å²) in [6.45, 7) is 0. The number of carbonyl (C=O) groups excluding carboxylic acids is 1. The largest absolute Gasteiger partial charge is 0.336 e. The highest BCUT2D eigenvalue weighted by Crippen LogP contribution is 2.23. The van der Waals surface area contributed by atoms with Crippen LogP contribution >= 0.6 is 23.4 Å². The molecule has 158 valence electrons. The molecular weight excluding hydrogens is 461 g/mol. The first-order valence-electron chi connectivity index (χ1n) is 9.07. The molecule has 1 aromatic heterocycles. The predicted octanol–water partition coefficient (Wildman–Crippen LogP) is 4.22. The lowest BCUT2D eigenvalue weighted by molar-refractivity contribution is -0.526. The van der Waals surface area contributed by atoms with Crippen molar-refractivity contribution in [2.24, 2.45) is 0 Å². The SMILES string of the molecule is O=C(CSc1[nH]c2ccccc2[n+]1S(=O)(=O)c1ccccc1)Nc1ccc(F)c(Cl)c1. The monoisotopic (exact) mass is 476 g/mol. The number of nitrogens with zero attached hydrogens (tertiary/aromatic N) is 1. The van der Waals surface area contributed by atoms with Crippen LogP contribution in [0.4, 0.5) is 10.1 Å². The lowest BCUT2D eigenvalue weighted by Crippen LogP contribution is -2.44. The molecule has 4 aromatic rings. The van der Waals surface area contributed by atoms with Gasteiger partial charge in [0.1, 0.15) is 10.7 Å². The van der Waals surface area contributed by atoms with E-state index in [0.717, 1.165) is 17.8 Å². The van der Waals surface area contributed by atoms with Crippen LogP contribution in [0.3, 0.4) is 0 Å². The minimum absolute atomic E-state index is 0.0773. The van der Waals surface area contributed by atoms with Gasteiger partial charge in [-0.3, -0.25) is 4.79 Å². The molecule has 0 radical (unpaired) electrons. The maximum atomic E-state index is 13.3. The summed E-state index contributed by atoms with van der Waals surface area (Å²) in [6.07, 6.45) is 0. The molecule has 2 N–H and O–H groups in total. The molecule has 6 nitrogen and oxygen atoms in total. The Morgan fingerprint density at radius 1 is 1.06 bits per heavy atom. The second kappa shape index (κ2) is 8.70. The minimum atomic E-state index is -3.90. The standard InChI is InChI=1S/C21H15ClFN3O3S2/c22-16-12-14(10-11-17(16)23)24-20(27)13-30-21-25-18-8-4-5-9-19(18)26(21)31(28,29)15-6-2-1-3-7-15/h1-12H,13H2,(H,24,27)/p+1. The number of hydrogen-bond acceptors (Lipinski definition) is 4. The Hall–Kier alpha value is -2.88. The van der Waals surface area contributed by atoms with Crippen molar-refractivity contribution >= 4 is 56.0 Å². The first-order chi connectivity index (χ1) is 14.9. The summed E-state index contributed by atoms with van der Waals surface area (Å²) in [5.74, 6) is -1.05. The van der Waals surface area contributed by atoms with Gasteiger partial charge >= 0.3 is 15.2 Å². The number of nitrogens with one attached hydrogen (secondary N) is 2. The molecular formula is C21H16ClFN3O3S2+. The molecule has 4 rings (SSSR count). The molecule has 31 heavy (non-hydrogen) atoms. The summed E-state index contributed by atoms with van der Waals surface area (Å²) in [7, 11) is -3.90. The number of benzene rings is 3. The highest BCUT2D eigenvalue weighted by molar-refractivity contribution is 8.00. The van der Waals surface area contributed by atoms with Crippen molar-refractivity contribution < 1.29 is 21.6 Å². The summed E-state index contributed by atoms with van der Waals surface area (Å²) in [6, 6.07) is 18.9. The van der Waals surface area contributed by atoms with Gasteiger partial charge in [-0.25, -0.2) is 9.37 Å². The summed E-state index contributed by atoms with van der Waals surface area (Å²) in [4.78, 5) is 15.6. The second-order valence-corrected chi connectivity index (χ2v) is 9.65. The lowest BCUT2D eigenvalue weighted by atomic mass is 10.3. The van der Waals surface area contributed by atoms with E-state index in [4.69, 9.17) is 11.6 Å². The van der Waals surface area contributed by atoms with Crippen LogP contribution in [0.25, 0.3) is 11.0 Å². The smallest absolute Gasteiger partial charge is 0.325 e. The Morgan fingerprint density at radius 3 is 2.52 bits per heavy atom. The summed E-state index contributed by atoms with van der Waals surface area (Å²) in [5, 5.41) is 2.81. The molecule has 0 aliphatic heterocycles. The zero-order chi connectivity index (χ0) is 22.0. The van der Waals surface area contributed by atoms with Gasteiger partial charge < -0.3 is 5.32 Å². The number of hydrogen-bond donors (Lipinski definition) is 2. The summed E-state index contributed by atoms with van der Waals surface area (Å²) >= 11 is 6.78. The van der Waals surface area contributed by atoms with E-state index in [1.165, 1.54) is 28.2 Å². The van der Waals surface area contributed by atoms with E-state index < -0.39 is 21.7 Å². The van der Waals surface area contributed by atoms with Crippen molar-refractivity contribution in [2.45, 2.75) is 10.1 Å². The van der Waals surface area contributed by atoms with Crippen LogP contribution in [0.15, 0.2) is 82.8 Å². The van der Waals surface area contributed by atoms with Gasteiger partial charge in [0.25, 0.3) is 0 Å². The maximum Gasteiger partial charge on any atom is 0.336 e. The van der Waals surface area contributed by atoms with Crippen LogP contribution in [-0.2, 0) is 14.8 Å². The number of rotatable bonds is 6. The summed E-state index contributed by atoms with van der Waals surface area (Å²) < 4.78 is 41.1. The molecule has 0 bridgehead atoms. The Bertz CT molecular complexity index is 1380. The van der Waals surface area contributed by atoms with E-state index in [-0.39, 0.29) is 20.8 Å². The highest BCUT2D eigenvalue weighted by atomic mass is 35.5. The normalized spacial score (nSPS) is 11.5. The third kappa shape index (κ3) is 4.43. The fourth-order valence-electron chi connectivity index (χ4n) is 2.97. The molecule has 0 spiro atoms. The molecule has 0 aliphatic carbocycles. The van der Waals surface area contributed by atoms with Gasteiger partial charge in [0.05, 0.1) is 10.8 Å². The highest BCUT2D eigenvalue weighted by Gasteiger charge is 2.31. The van der Waals surface area contributed by atoms with E-state index in [2.05, 4.69) is 10.3 Å². The van der Waals surface area contributed by atoms with Gasteiger partial charge in [0.15, 0.2) is 11.0 Å². The number of para-hydroxylation sites is 2. The third-order valence-corrected chi connectivity index (χ3v) is 7.47. The zero-order valence-electron chi connectivity index (χ0n) is 15.9. The first-order valence-corrected chi connectivity index (χ1v) is 11.9. The van der Waals surface area contributed by atoms with Gasteiger partial charge in [0, 0.05) is 5.69 Å². The molecule has 0 unspecified atom stereocenters. The molecule has 10 heteroatoms. The Balaban J connectivity index is 1.63. The number of fused-ring (bicyclic) bond motifs is 1. The molecule has 0 saturated carbocycles. The minimum Gasteiger partial charge on any atom is -0.325 e. The number of H-pyrrole nitrogens is 1. The van der Waals surface area contributed by atoms with Gasteiger partial charge in [-0.1, -0.05) is 41.9 Å². The maximum absolute atomic E-state index is 13.3. The van der Waals surface area contributed by atoms with Gasteiger partial charge in [-0.15, -0.1) is 3.97 Å². The van der Waals surface area contributed by atoms with Crippen molar-refractivity contribution in [3.05, 3.63) is 83.6 Å². The van der Waals surface area contributed by atoms with Crippen LogP contribution in [0.2, 0.25) is 5.02 Å². The average molecular weight is 477 g/mol. The van der Waals surface area contributed by atoms with Crippen molar-refractivity contribution in [2.75, 3.05) is 11.1 Å². The van der Waals surface area contributed by atoms with Crippen molar-refractivity contribution in [3.8, 4) is 0 Å². The average Bonchev–Trinajstić information content (AvgIpc) is 3.15. The fourth-order valence-corrected chi connectivity index (χ4v) is 5.73. The number of halogens is 2. The number of carbonyl (C=O) groups is 1. The molecule has 0 fully saturated rings. The van der Waals surface area contributed by atoms with Crippen LogP contribution in [-0.4, -0.2) is 25.1 Å². The molecule has 3 aromatic carbocycles. The van der Waals surface area contributed by atoms with Gasteiger partial charge in [0.2, 0.25) is 5.91 Å². The van der Waals surface area contributed by atoms with Crippen LogP contribution in [0.1, 0.15) is 0 Å². The van der Waals surface area contributed by atoms with Gasteiger partial charge in [-0.2, -0.15) is 8.42 Å². The van der Waals surface area contributed by atoms with Crippen molar-refractivity contribution in [1.82, 2.24) is 4.98 Å². The molecule has 1 amide bonds. The Morgan fingerprint density at radius 2 is 1.77 bits per heavy atom. The zero-order valence-corrected chi connectivity index (χ0v) is 18.3. The van der Waals surface area contributed by atoms with Crippen LogP contribution in [0, 0.1) is 5.82 Å². The summed E-state index contributed by atoms with van der Waals surface area (Å²) in [5.41, 5.74) is 1.44. The molecule has 1 heterocycles. The van der Waals surface area contributed by atoms with E-state index in [1.54, 1.807) is 42.5 Å². The van der Waals surface area contributed by atoms with Crippen LogP contribution in [0.5, 0.6) is 0 Å². The number of thioether (sulfide) groups is 1. The van der Waals surface area contributed by atoms with E-state index in [1.807, 2.05) is 0 Å². The number of aromatic nitrogens is 2. The number of aromatic amines is 1. The lowest BCUT2D eigenvalue weighted by Gasteiger charge is -2.06. The molecule has 0 aliphatic rings. The van der Waals surface area contributed by atoms with Gasteiger partial charge in [-0.05, 0) is 54.2 Å². The van der Waals surface area contributed by atoms with E-state index >= 15 is 0 Å². The van der Waals surface area contributed by atoms with E-state index in [9.17, 15) is 17.6 Å². The van der Waals surface area contributed by atoms with Crippen molar-refractivity contribution in [1.29, 1.82) is 0 Å². The number of imidazole rings is 1. The fraction of sp³-hybridized carbons (Fsp3) is 0.0476. The Kier molecular flexibility index (Phi) is 5.99. The third-order valence-electron chi connectivity index (χ3n) is 4.37. The topological polar surface area (TPSA) is 82.9 Å². The second-order valence-electron chi connectivity index (χ2n) is 6.50. The first kappa shape index (κ1) is 21.4. The van der Waals surface area contributed by atoms with Crippen molar-refractivity contribution in [3.63, 3.8) is 0 Å². The predicted molar refractivity (Wildman–Crippen MR) is 118 cm³/mol.